The van der Waals surface area contributed by atoms with Crippen molar-refractivity contribution in [3.8, 4) is 5.75 Å². The minimum Gasteiger partial charge on any atom is -0.483 e. The Morgan fingerprint density at radius 3 is 2.46 bits per heavy atom. The van der Waals surface area contributed by atoms with E-state index in [4.69, 9.17) is 4.74 Å². The summed E-state index contributed by atoms with van der Waals surface area (Å²) in [6, 6.07) is 14.4. The molecule has 0 aliphatic carbocycles. The van der Waals surface area contributed by atoms with Gasteiger partial charge in [-0.1, -0.05) is 46.3 Å². The van der Waals surface area contributed by atoms with Gasteiger partial charge < -0.3 is 10.1 Å². The lowest BCUT2D eigenvalue weighted by Crippen LogP contribution is -2.43. The van der Waals surface area contributed by atoms with Crippen LogP contribution in [0.2, 0.25) is 0 Å². The zero-order valence-corrected chi connectivity index (χ0v) is 16.3. The van der Waals surface area contributed by atoms with E-state index in [2.05, 4.69) is 37.2 Å². The largest absolute Gasteiger partial charge is 0.483 e. The van der Waals surface area contributed by atoms with Crippen molar-refractivity contribution in [1.29, 1.82) is 0 Å². The molecule has 126 valence electrons. The minimum absolute atomic E-state index is 0.0861. The number of hydrogen-bond donors (Lipinski definition) is 1. The van der Waals surface area contributed by atoms with Crippen molar-refractivity contribution in [2.45, 2.75) is 19.4 Å². The average Bonchev–Trinajstić information content (AvgIpc) is 2.54. The molecule has 2 aromatic rings. The Bertz CT molecular complexity index is 719. The van der Waals surface area contributed by atoms with Crippen LogP contribution in [0.4, 0.5) is 0 Å². The summed E-state index contributed by atoms with van der Waals surface area (Å²) in [7, 11) is 0. The molecule has 0 aromatic heterocycles. The van der Waals surface area contributed by atoms with E-state index in [0.29, 0.717) is 12.2 Å². The number of amides is 1. The van der Waals surface area contributed by atoms with Crippen molar-refractivity contribution in [2.24, 2.45) is 0 Å². The summed E-state index contributed by atoms with van der Waals surface area (Å²) >= 11 is 6.73. The van der Waals surface area contributed by atoms with Crippen LogP contribution in [0, 0.1) is 0 Å². The van der Waals surface area contributed by atoms with Gasteiger partial charge in [0.15, 0.2) is 12.4 Å². The van der Waals surface area contributed by atoms with E-state index in [1.807, 2.05) is 42.5 Å². The molecule has 1 N–H and O–H groups in total. The highest BCUT2D eigenvalue weighted by Crippen LogP contribution is 2.28. The molecule has 2 rings (SSSR count). The molecule has 6 heteroatoms. The summed E-state index contributed by atoms with van der Waals surface area (Å²) in [4.78, 5) is 23.9. The SMILES string of the molecule is CC(=O)C(Cc1ccccc1)NC(=O)COc1ccc(Br)cc1Br. The van der Waals surface area contributed by atoms with Crippen molar-refractivity contribution < 1.29 is 14.3 Å². The molecule has 0 aliphatic heterocycles. The molecular weight excluding hydrogens is 438 g/mol. The molecule has 0 spiro atoms. The molecule has 24 heavy (non-hydrogen) atoms. The first kappa shape index (κ1) is 18.7. The highest BCUT2D eigenvalue weighted by Gasteiger charge is 2.18. The van der Waals surface area contributed by atoms with Crippen LogP contribution in [0.1, 0.15) is 12.5 Å². The van der Waals surface area contributed by atoms with Crippen molar-refractivity contribution in [3.63, 3.8) is 0 Å². The smallest absolute Gasteiger partial charge is 0.258 e. The molecule has 0 saturated heterocycles. The molecule has 1 unspecified atom stereocenters. The Morgan fingerprint density at radius 2 is 1.83 bits per heavy atom. The van der Waals surface area contributed by atoms with Crippen LogP contribution >= 0.6 is 31.9 Å². The number of ether oxygens (including phenoxy) is 1. The number of benzene rings is 2. The van der Waals surface area contributed by atoms with Crippen LogP contribution in [-0.4, -0.2) is 24.3 Å². The number of Topliss-reactive ketones (excluding diaryl/α,β-unsaturated/α-hetero) is 1. The number of ketones is 1. The van der Waals surface area contributed by atoms with E-state index < -0.39 is 6.04 Å². The molecule has 0 heterocycles. The van der Waals surface area contributed by atoms with Crippen molar-refractivity contribution in [3.05, 3.63) is 63.0 Å². The molecule has 1 atom stereocenters. The zero-order chi connectivity index (χ0) is 17.5. The van der Waals surface area contributed by atoms with Crippen LogP contribution in [-0.2, 0) is 16.0 Å². The van der Waals surface area contributed by atoms with Gasteiger partial charge in [-0.25, -0.2) is 0 Å². The van der Waals surface area contributed by atoms with Crippen LogP contribution in [0.5, 0.6) is 5.75 Å². The van der Waals surface area contributed by atoms with E-state index >= 15 is 0 Å². The standard InChI is InChI=1S/C18H17Br2NO3/c1-12(22)16(9-13-5-3-2-4-6-13)21-18(23)11-24-17-8-7-14(19)10-15(17)20/h2-8,10,16H,9,11H2,1H3,(H,21,23). The molecule has 0 radical (unpaired) electrons. The number of rotatable bonds is 7. The predicted octanol–water partition coefficient (Wildman–Crippen LogP) is 3.91. The Balaban J connectivity index is 1.92. The van der Waals surface area contributed by atoms with Gasteiger partial charge in [-0.2, -0.15) is 0 Å². The van der Waals surface area contributed by atoms with Crippen LogP contribution in [0.25, 0.3) is 0 Å². The lowest BCUT2D eigenvalue weighted by Gasteiger charge is -2.16. The van der Waals surface area contributed by atoms with Gasteiger partial charge in [0.05, 0.1) is 10.5 Å². The topological polar surface area (TPSA) is 55.4 Å². The molecular formula is C18H17Br2NO3. The van der Waals surface area contributed by atoms with Gasteiger partial charge in [-0.05, 0) is 53.0 Å². The normalized spacial score (nSPS) is 11.6. The fraction of sp³-hybridized carbons (Fsp3) is 0.222. The molecule has 0 fully saturated rings. The highest BCUT2D eigenvalue weighted by atomic mass is 79.9. The second-order valence-electron chi connectivity index (χ2n) is 5.28. The molecule has 4 nitrogen and oxygen atoms in total. The van der Waals surface area contributed by atoms with Crippen LogP contribution in [0.3, 0.4) is 0 Å². The molecule has 2 aromatic carbocycles. The first-order chi connectivity index (χ1) is 11.5. The maximum absolute atomic E-state index is 12.1. The maximum atomic E-state index is 12.1. The Hall–Kier alpha value is -1.66. The predicted molar refractivity (Wildman–Crippen MR) is 100 cm³/mol. The monoisotopic (exact) mass is 453 g/mol. The third-order valence-electron chi connectivity index (χ3n) is 3.36. The number of hydrogen-bond acceptors (Lipinski definition) is 3. The highest BCUT2D eigenvalue weighted by molar-refractivity contribution is 9.11. The van der Waals surface area contributed by atoms with E-state index in [1.54, 1.807) is 6.07 Å². The summed E-state index contributed by atoms with van der Waals surface area (Å²) in [5, 5.41) is 2.73. The zero-order valence-electron chi connectivity index (χ0n) is 13.1. The van der Waals surface area contributed by atoms with E-state index in [-0.39, 0.29) is 18.3 Å². The fourth-order valence-electron chi connectivity index (χ4n) is 2.12. The third-order valence-corrected chi connectivity index (χ3v) is 4.47. The van der Waals surface area contributed by atoms with Crippen molar-refractivity contribution in [2.75, 3.05) is 6.61 Å². The van der Waals surface area contributed by atoms with Gasteiger partial charge in [-0.15, -0.1) is 0 Å². The van der Waals surface area contributed by atoms with E-state index in [9.17, 15) is 9.59 Å². The second-order valence-corrected chi connectivity index (χ2v) is 7.05. The number of halogens is 2. The van der Waals surface area contributed by atoms with Gasteiger partial charge >= 0.3 is 0 Å². The number of carbonyl (C=O) groups is 2. The average molecular weight is 455 g/mol. The molecule has 0 saturated carbocycles. The Kier molecular flexibility index (Phi) is 6.99. The van der Waals surface area contributed by atoms with Gasteiger partial charge in [0.1, 0.15) is 5.75 Å². The number of nitrogens with one attached hydrogen (secondary N) is 1. The summed E-state index contributed by atoms with van der Waals surface area (Å²) in [5.41, 5.74) is 0.995. The quantitative estimate of drug-likeness (QED) is 0.690. The molecule has 0 aliphatic rings. The molecule has 1 amide bonds. The fourth-order valence-corrected chi connectivity index (χ4v) is 3.28. The van der Waals surface area contributed by atoms with Crippen molar-refractivity contribution in [1.82, 2.24) is 5.32 Å². The Labute approximate surface area is 157 Å². The number of carbonyl (C=O) groups excluding carboxylic acids is 2. The summed E-state index contributed by atoms with van der Waals surface area (Å²) < 4.78 is 7.15. The van der Waals surface area contributed by atoms with Gasteiger partial charge in [0.25, 0.3) is 5.91 Å². The van der Waals surface area contributed by atoms with Gasteiger partial charge in [-0.3, -0.25) is 9.59 Å². The lowest BCUT2D eigenvalue weighted by atomic mass is 10.0. The Morgan fingerprint density at radius 1 is 1.12 bits per heavy atom. The first-order valence-corrected chi connectivity index (χ1v) is 8.96. The lowest BCUT2D eigenvalue weighted by molar-refractivity contribution is -0.128. The summed E-state index contributed by atoms with van der Waals surface area (Å²) in [5.74, 6) is 0.147. The van der Waals surface area contributed by atoms with E-state index in [1.165, 1.54) is 6.92 Å². The maximum Gasteiger partial charge on any atom is 0.258 e. The van der Waals surface area contributed by atoms with Gasteiger partial charge in [0.2, 0.25) is 0 Å². The van der Waals surface area contributed by atoms with Crippen LogP contribution in [0.15, 0.2) is 57.5 Å². The molecule has 0 bridgehead atoms. The summed E-state index contributed by atoms with van der Waals surface area (Å²) in [6.45, 7) is 1.32. The van der Waals surface area contributed by atoms with Gasteiger partial charge in [0, 0.05) is 4.47 Å². The minimum atomic E-state index is -0.558. The summed E-state index contributed by atoms with van der Waals surface area (Å²) in [6.07, 6.45) is 0.462. The first-order valence-electron chi connectivity index (χ1n) is 7.37. The van der Waals surface area contributed by atoms with E-state index in [0.717, 1.165) is 14.5 Å². The van der Waals surface area contributed by atoms with Crippen LogP contribution < -0.4 is 10.1 Å². The second kappa shape index (κ2) is 8.99. The third kappa shape index (κ3) is 5.76. The van der Waals surface area contributed by atoms with Crippen molar-refractivity contribution >= 4 is 43.6 Å².